The third-order valence-corrected chi connectivity index (χ3v) is 6.26. The minimum Gasteiger partial charge on any atom is -0.506 e. The molecule has 6 rings (SSSR count). The van der Waals surface area contributed by atoms with Crippen LogP contribution >= 0.6 is 0 Å². The Hall–Kier alpha value is -4.31. The minimum absolute atomic E-state index is 0.293. The maximum Gasteiger partial charge on any atom is 0.139 e. The smallest absolute Gasteiger partial charge is 0.139 e. The number of benzene rings is 4. The standard InChI is InChI=1S/C29H23N3O/c33-29-11-4-3-10-28(29)32-15-14-31(20-32)19-25-9-5-8-21-12-13-23(16-26(21)25)27-17-22-6-1-2-7-24(22)18-30-27/h1-18,33H,19-20H2. The normalized spacial score (nSPS) is 13.3. The predicted octanol–water partition coefficient (Wildman–Crippen LogP) is 6.51. The molecule has 0 amide bonds. The lowest BCUT2D eigenvalue weighted by Gasteiger charge is -2.22. The molecule has 1 aromatic heterocycles. The molecule has 0 spiro atoms. The van der Waals surface area contributed by atoms with Crippen molar-refractivity contribution in [2.24, 2.45) is 0 Å². The SMILES string of the molecule is Oc1ccccc1N1C=CN(Cc2cccc3ccc(-c4cc5ccccc5cn4)cc23)C1. The van der Waals surface area contributed by atoms with E-state index in [4.69, 9.17) is 4.98 Å². The first kappa shape index (κ1) is 19.4. The summed E-state index contributed by atoms with van der Waals surface area (Å²) in [5, 5.41) is 15.0. The fourth-order valence-electron chi connectivity index (χ4n) is 4.53. The zero-order valence-corrected chi connectivity index (χ0v) is 18.1. The van der Waals surface area contributed by atoms with Crippen molar-refractivity contribution in [1.29, 1.82) is 0 Å². The number of hydrogen-bond acceptors (Lipinski definition) is 4. The summed E-state index contributed by atoms with van der Waals surface area (Å²) >= 11 is 0. The average Bonchev–Trinajstić information content (AvgIpc) is 3.32. The van der Waals surface area contributed by atoms with Crippen LogP contribution in [0.2, 0.25) is 0 Å². The van der Waals surface area contributed by atoms with Crippen LogP contribution in [-0.2, 0) is 6.54 Å². The molecule has 0 radical (unpaired) electrons. The number of pyridine rings is 1. The van der Waals surface area contributed by atoms with Crippen molar-refractivity contribution in [1.82, 2.24) is 9.88 Å². The number of aromatic hydroxyl groups is 1. The van der Waals surface area contributed by atoms with Gasteiger partial charge in [0.05, 0.1) is 18.1 Å². The third-order valence-electron chi connectivity index (χ3n) is 6.26. The molecule has 0 aliphatic carbocycles. The number of phenolic OH excluding ortho intramolecular Hbond substituents is 1. The molecule has 0 saturated carbocycles. The lowest BCUT2D eigenvalue weighted by molar-refractivity contribution is 0.399. The molecule has 0 unspecified atom stereocenters. The van der Waals surface area contributed by atoms with Crippen LogP contribution in [-0.4, -0.2) is 21.7 Å². The van der Waals surface area contributed by atoms with Gasteiger partial charge >= 0.3 is 0 Å². The Bertz CT molecular complexity index is 1510. The first-order valence-electron chi connectivity index (χ1n) is 11.1. The summed E-state index contributed by atoms with van der Waals surface area (Å²) in [5.41, 5.74) is 4.18. The number of nitrogens with zero attached hydrogens (tertiary/aromatic N) is 3. The summed E-state index contributed by atoms with van der Waals surface area (Å²) in [6, 6.07) is 31.0. The van der Waals surface area contributed by atoms with Crippen LogP contribution in [0.3, 0.4) is 0 Å². The quantitative estimate of drug-likeness (QED) is 0.353. The lowest BCUT2D eigenvalue weighted by atomic mass is 9.99. The molecule has 4 nitrogen and oxygen atoms in total. The second-order valence-electron chi connectivity index (χ2n) is 8.41. The fourth-order valence-corrected chi connectivity index (χ4v) is 4.53. The van der Waals surface area contributed by atoms with Gasteiger partial charge in [-0.1, -0.05) is 66.7 Å². The Morgan fingerprint density at radius 3 is 2.48 bits per heavy atom. The second-order valence-corrected chi connectivity index (χ2v) is 8.41. The van der Waals surface area contributed by atoms with Crippen molar-refractivity contribution in [3.63, 3.8) is 0 Å². The van der Waals surface area contributed by atoms with E-state index in [9.17, 15) is 5.11 Å². The van der Waals surface area contributed by atoms with Crippen molar-refractivity contribution < 1.29 is 5.11 Å². The summed E-state index contributed by atoms with van der Waals surface area (Å²) in [6.07, 6.45) is 6.05. The van der Waals surface area contributed by atoms with Gasteiger partial charge in [-0.2, -0.15) is 0 Å². The maximum absolute atomic E-state index is 10.2. The van der Waals surface area contributed by atoms with E-state index in [0.29, 0.717) is 12.4 Å². The highest BCUT2D eigenvalue weighted by Gasteiger charge is 2.17. The highest BCUT2D eigenvalue weighted by atomic mass is 16.3. The van der Waals surface area contributed by atoms with Gasteiger partial charge in [0, 0.05) is 36.1 Å². The Morgan fingerprint density at radius 1 is 0.758 bits per heavy atom. The topological polar surface area (TPSA) is 39.6 Å². The number of para-hydroxylation sites is 2. The van der Waals surface area contributed by atoms with E-state index in [1.165, 1.54) is 21.7 Å². The number of fused-ring (bicyclic) bond motifs is 2. The van der Waals surface area contributed by atoms with Crippen LogP contribution in [0.1, 0.15) is 5.56 Å². The summed E-state index contributed by atoms with van der Waals surface area (Å²) in [7, 11) is 0. The second kappa shape index (κ2) is 7.99. The Morgan fingerprint density at radius 2 is 1.58 bits per heavy atom. The first-order chi connectivity index (χ1) is 16.2. The number of hydrogen-bond donors (Lipinski definition) is 1. The number of anilines is 1. The summed E-state index contributed by atoms with van der Waals surface area (Å²) in [6.45, 7) is 1.48. The summed E-state index contributed by atoms with van der Waals surface area (Å²) < 4.78 is 0. The lowest BCUT2D eigenvalue weighted by Crippen LogP contribution is -2.24. The molecule has 0 fully saturated rings. The van der Waals surface area contributed by atoms with E-state index in [2.05, 4.69) is 76.7 Å². The van der Waals surface area contributed by atoms with Gasteiger partial charge in [-0.25, -0.2) is 0 Å². The zero-order chi connectivity index (χ0) is 22.2. The van der Waals surface area contributed by atoms with Crippen LogP contribution in [0, 0.1) is 0 Å². The number of aromatic nitrogens is 1. The van der Waals surface area contributed by atoms with E-state index >= 15 is 0 Å². The minimum atomic E-state index is 0.293. The molecule has 4 heteroatoms. The third kappa shape index (κ3) is 3.66. The van der Waals surface area contributed by atoms with Crippen LogP contribution in [0.5, 0.6) is 5.75 Å². The average molecular weight is 430 g/mol. The van der Waals surface area contributed by atoms with Gasteiger partial charge in [0.15, 0.2) is 0 Å². The van der Waals surface area contributed by atoms with Crippen molar-refractivity contribution in [3.05, 3.63) is 115 Å². The largest absolute Gasteiger partial charge is 0.506 e. The molecule has 0 bridgehead atoms. The van der Waals surface area contributed by atoms with Gasteiger partial charge in [0.2, 0.25) is 0 Å². The molecule has 0 saturated heterocycles. The maximum atomic E-state index is 10.2. The summed E-state index contributed by atoms with van der Waals surface area (Å²) in [4.78, 5) is 9.03. The van der Waals surface area contributed by atoms with Gasteiger partial charge in [-0.3, -0.25) is 4.98 Å². The molecular weight excluding hydrogens is 406 g/mol. The molecule has 1 N–H and O–H groups in total. The van der Waals surface area contributed by atoms with Crippen molar-refractivity contribution >= 4 is 27.2 Å². The molecule has 5 aromatic rings. The van der Waals surface area contributed by atoms with E-state index < -0.39 is 0 Å². The molecular formula is C29H23N3O. The Kier molecular flexibility index (Phi) is 4.69. The van der Waals surface area contributed by atoms with Crippen LogP contribution < -0.4 is 4.90 Å². The van der Waals surface area contributed by atoms with E-state index in [-0.39, 0.29) is 0 Å². The molecule has 1 aliphatic heterocycles. The molecule has 0 atom stereocenters. The van der Waals surface area contributed by atoms with Gasteiger partial charge in [-0.05, 0) is 46.0 Å². The van der Waals surface area contributed by atoms with Crippen LogP contribution in [0.4, 0.5) is 5.69 Å². The van der Waals surface area contributed by atoms with E-state index in [1.54, 1.807) is 6.07 Å². The Labute approximate surface area is 192 Å². The van der Waals surface area contributed by atoms with Gasteiger partial charge < -0.3 is 14.9 Å². The van der Waals surface area contributed by atoms with E-state index in [1.807, 2.05) is 36.7 Å². The highest BCUT2D eigenvalue weighted by Crippen LogP contribution is 2.31. The van der Waals surface area contributed by atoms with Gasteiger partial charge in [0.25, 0.3) is 0 Å². The molecule has 160 valence electrons. The van der Waals surface area contributed by atoms with Gasteiger partial charge in [-0.15, -0.1) is 0 Å². The first-order valence-corrected chi connectivity index (χ1v) is 11.1. The highest BCUT2D eigenvalue weighted by molar-refractivity contribution is 5.91. The van der Waals surface area contributed by atoms with E-state index in [0.717, 1.165) is 28.9 Å². The van der Waals surface area contributed by atoms with Crippen LogP contribution in [0.25, 0.3) is 32.8 Å². The number of phenols is 1. The van der Waals surface area contributed by atoms with Crippen molar-refractivity contribution in [2.75, 3.05) is 11.6 Å². The predicted molar refractivity (Wildman–Crippen MR) is 135 cm³/mol. The van der Waals surface area contributed by atoms with Crippen LogP contribution in [0.15, 0.2) is 110 Å². The van der Waals surface area contributed by atoms with Gasteiger partial charge in [0.1, 0.15) is 5.75 Å². The molecule has 33 heavy (non-hydrogen) atoms. The molecule has 2 heterocycles. The van der Waals surface area contributed by atoms with Crippen molar-refractivity contribution in [3.8, 4) is 17.0 Å². The fraction of sp³-hybridized carbons (Fsp3) is 0.0690. The molecule has 4 aromatic carbocycles. The Balaban J connectivity index is 1.31. The monoisotopic (exact) mass is 429 g/mol. The van der Waals surface area contributed by atoms with Crippen molar-refractivity contribution in [2.45, 2.75) is 6.54 Å². The number of rotatable bonds is 4. The molecule has 1 aliphatic rings. The zero-order valence-electron chi connectivity index (χ0n) is 18.1. The summed E-state index contributed by atoms with van der Waals surface area (Å²) in [5.74, 6) is 0.293.